The predicted molar refractivity (Wildman–Crippen MR) is 111 cm³/mol. The van der Waals surface area contributed by atoms with E-state index in [0.717, 1.165) is 37.0 Å². The van der Waals surface area contributed by atoms with Crippen molar-refractivity contribution in [2.75, 3.05) is 0 Å². The quantitative estimate of drug-likeness (QED) is 0.528. The maximum Gasteiger partial charge on any atom is 0.303 e. The number of carboxylic acids is 1. The summed E-state index contributed by atoms with van der Waals surface area (Å²) in [4.78, 5) is 11.2. The zero-order valence-corrected chi connectivity index (χ0v) is 18.5. The lowest BCUT2D eigenvalue weighted by molar-refractivity contribution is -0.142. The molecule has 2 nitrogen and oxygen atoms in total. The first kappa shape index (κ1) is 21.6. The smallest absolute Gasteiger partial charge is 0.303 e. The summed E-state index contributed by atoms with van der Waals surface area (Å²) in [6.07, 6.45) is 9.90. The van der Waals surface area contributed by atoms with Crippen LogP contribution in [0.1, 0.15) is 91.4 Å². The summed E-state index contributed by atoms with van der Waals surface area (Å²) in [5, 5.41) is 9.18. The highest BCUT2D eigenvalue weighted by atomic mass is 19.3. The number of hydrogen-bond donors (Lipinski definition) is 1. The van der Waals surface area contributed by atoms with Gasteiger partial charge in [-0.3, -0.25) is 4.79 Å². The summed E-state index contributed by atoms with van der Waals surface area (Å²) in [7, 11) is 0. The summed E-state index contributed by atoms with van der Waals surface area (Å²) in [5.74, 6) is 1.04. The molecule has 2 unspecified atom stereocenters. The molecule has 4 rings (SSSR count). The lowest BCUT2D eigenvalue weighted by atomic mass is 9.44. The van der Waals surface area contributed by atoms with Crippen LogP contribution in [0.5, 0.6) is 0 Å². The number of carboxylic acid groups (broad SMARTS) is 1. The summed E-state index contributed by atoms with van der Waals surface area (Å²) in [5.41, 5.74) is 0.616. The van der Waals surface area contributed by atoms with Crippen LogP contribution in [-0.4, -0.2) is 17.5 Å². The average molecular weight is 411 g/mol. The van der Waals surface area contributed by atoms with Gasteiger partial charge in [0.2, 0.25) is 6.43 Å². The molecule has 9 atom stereocenters. The van der Waals surface area contributed by atoms with Crippen LogP contribution in [0.2, 0.25) is 0 Å². The van der Waals surface area contributed by atoms with Crippen LogP contribution in [-0.2, 0) is 4.79 Å². The molecule has 4 aliphatic carbocycles. The molecule has 0 radical (unpaired) electrons. The minimum atomic E-state index is -2.54. The molecule has 166 valence electrons. The van der Waals surface area contributed by atoms with Crippen molar-refractivity contribution >= 4 is 5.97 Å². The third kappa shape index (κ3) is 3.45. The molecule has 0 aliphatic heterocycles. The first-order chi connectivity index (χ1) is 13.7. The maximum atomic E-state index is 13.8. The Morgan fingerprint density at radius 2 is 1.69 bits per heavy atom. The minimum absolute atomic E-state index is 0.115. The van der Waals surface area contributed by atoms with Crippen LogP contribution < -0.4 is 0 Å². The zero-order chi connectivity index (χ0) is 21.0. The molecule has 4 saturated carbocycles. The normalized spacial score (nSPS) is 46.5. The topological polar surface area (TPSA) is 37.3 Å². The third-order valence-corrected chi connectivity index (χ3v) is 10.7. The van der Waals surface area contributed by atoms with Crippen molar-refractivity contribution in [3.8, 4) is 0 Å². The van der Waals surface area contributed by atoms with Gasteiger partial charge in [-0.05, 0) is 97.7 Å². The van der Waals surface area contributed by atoms with Crippen LogP contribution in [0.15, 0.2) is 0 Å². The van der Waals surface area contributed by atoms with Crippen molar-refractivity contribution in [3.05, 3.63) is 0 Å². The first-order valence-electron chi connectivity index (χ1n) is 12.2. The number of carbonyl (C=O) groups is 1. The molecular weight excluding hydrogens is 370 g/mol. The summed E-state index contributed by atoms with van der Waals surface area (Å²) in [6.45, 7) is 6.87. The molecule has 0 aromatic rings. The molecule has 0 saturated heterocycles. The molecule has 4 fully saturated rings. The Hall–Kier alpha value is -0.670. The SMILES string of the molecule is C[C@H](C(CC(=O)O)C(F)F)[C@H]1CC[C@H]2[C@@H]3CCC4CCCC[C@]4(C)[C@H]3CC[C@]12C. The summed E-state index contributed by atoms with van der Waals surface area (Å²) < 4.78 is 27.5. The Balaban J connectivity index is 1.55. The van der Waals surface area contributed by atoms with Gasteiger partial charge in [0.1, 0.15) is 0 Å². The van der Waals surface area contributed by atoms with Crippen LogP contribution >= 0.6 is 0 Å². The van der Waals surface area contributed by atoms with Crippen molar-refractivity contribution in [2.45, 2.75) is 97.8 Å². The van der Waals surface area contributed by atoms with E-state index in [0.29, 0.717) is 11.3 Å². The molecule has 4 aliphatic rings. The van der Waals surface area contributed by atoms with Crippen molar-refractivity contribution in [3.63, 3.8) is 0 Å². The second-order valence-electron chi connectivity index (χ2n) is 11.6. The Kier molecular flexibility index (Phi) is 5.79. The van der Waals surface area contributed by atoms with E-state index in [2.05, 4.69) is 13.8 Å². The Morgan fingerprint density at radius 1 is 0.966 bits per heavy atom. The number of fused-ring (bicyclic) bond motifs is 5. The van der Waals surface area contributed by atoms with Gasteiger partial charge < -0.3 is 5.11 Å². The lowest BCUT2D eigenvalue weighted by Crippen LogP contribution is -2.53. The van der Waals surface area contributed by atoms with E-state index in [1.165, 1.54) is 44.9 Å². The predicted octanol–water partition coefficient (Wildman–Crippen LogP) is 7.03. The van der Waals surface area contributed by atoms with Gasteiger partial charge in [-0.15, -0.1) is 0 Å². The minimum Gasteiger partial charge on any atom is -0.481 e. The Morgan fingerprint density at radius 3 is 2.38 bits per heavy atom. The molecular formula is C25H40F2O2. The van der Waals surface area contributed by atoms with Gasteiger partial charge in [0.15, 0.2) is 0 Å². The molecule has 0 aromatic heterocycles. The van der Waals surface area contributed by atoms with Crippen LogP contribution in [0.4, 0.5) is 8.78 Å². The van der Waals surface area contributed by atoms with Crippen LogP contribution in [0.25, 0.3) is 0 Å². The molecule has 0 amide bonds. The van der Waals surface area contributed by atoms with E-state index in [9.17, 15) is 18.7 Å². The standard InChI is InChI=1S/C25H40F2O2/c1-15(18(23(26)27)14-22(28)29)19-9-10-20-17-8-7-16-6-4-5-12-24(16,2)21(17)11-13-25(19,20)3/h15-21,23H,4-14H2,1-3H3,(H,28,29)/t15-,16?,17+,18?,19-,20+,21+,24+,25-/m1/s1. The number of halogens is 2. The van der Waals surface area contributed by atoms with Gasteiger partial charge in [0.05, 0.1) is 6.42 Å². The van der Waals surface area contributed by atoms with E-state index in [4.69, 9.17) is 0 Å². The van der Waals surface area contributed by atoms with Crippen molar-refractivity contribution < 1.29 is 18.7 Å². The molecule has 0 heterocycles. The second-order valence-corrected chi connectivity index (χ2v) is 11.6. The average Bonchev–Trinajstić information content (AvgIpc) is 3.02. The van der Waals surface area contributed by atoms with Crippen molar-refractivity contribution in [2.24, 2.45) is 52.3 Å². The zero-order valence-electron chi connectivity index (χ0n) is 18.5. The van der Waals surface area contributed by atoms with Gasteiger partial charge in [-0.2, -0.15) is 0 Å². The highest BCUT2D eigenvalue weighted by Crippen LogP contribution is 2.68. The van der Waals surface area contributed by atoms with Gasteiger partial charge in [0.25, 0.3) is 0 Å². The van der Waals surface area contributed by atoms with Gasteiger partial charge in [0, 0.05) is 5.92 Å². The van der Waals surface area contributed by atoms with E-state index >= 15 is 0 Å². The Bertz CT molecular complexity index is 622. The molecule has 0 spiro atoms. The first-order valence-corrected chi connectivity index (χ1v) is 12.2. The summed E-state index contributed by atoms with van der Waals surface area (Å²) >= 11 is 0. The summed E-state index contributed by atoms with van der Waals surface area (Å²) in [6, 6.07) is 0. The van der Waals surface area contributed by atoms with E-state index in [1.54, 1.807) is 0 Å². The van der Waals surface area contributed by atoms with Crippen LogP contribution in [0.3, 0.4) is 0 Å². The number of aliphatic carboxylic acids is 1. The van der Waals surface area contributed by atoms with Crippen LogP contribution in [0, 0.1) is 52.3 Å². The lowest BCUT2D eigenvalue weighted by Gasteiger charge is -2.61. The van der Waals surface area contributed by atoms with Gasteiger partial charge >= 0.3 is 5.97 Å². The fourth-order valence-electron chi connectivity index (χ4n) is 9.20. The number of rotatable bonds is 5. The monoisotopic (exact) mass is 410 g/mol. The highest BCUT2D eigenvalue weighted by molar-refractivity contribution is 5.67. The molecule has 0 bridgehead atoms. The van der Waals surface area contributed by atoms with Gasteiger partial charge in [-0.25, -0.2) is 8.78 Å². The van der Waals surface area contributed by atoms with E-state index < -0.39 is 24.7 Å². The number of alkyl halides is 2. The van der Waals surface area contributed by atoms with Gasteiger partial charge in [-0.1, -0.05) is 33.6 Å². The van der Waals surface area contributed by atoms with Crippen molar-refractivity contribution in [1.29, 1.82) is 0 Å². The second kappa shape index (κ2) is 7.79. The molecule has 29 heavy (non-hydrogen) atoms. The molecule has 1 N–H and O–H groups in total. The Labute approximate surface area is 175 Å². The highest BCUT2D eigenvalue weighted by Gasteiger charge is 2.60. The van der Waals surface area contributed by atoms with E-state index in [1.807, 2.05) is 6.92 Å². The fourth-order valence-corrected chi connectivity index (χ4v) is 9.20. The molecule has 0 aromatic carbocycles. The maximum absolute atomic E-state index is 13.8. The number of hydrogen-bond acceptors (Lipinski definition) is 1. The van der Waals surface area contributed by atoms with E-state index in [-0.39, 0.29) is 17.3 Å². The third-order valence-electron chi connectivity index (χ3n) is 10.7. The molecule has 4 heteroatoms. The largest absolute Gasteiger partial charge is 0.481 e. The van der Waals surface area contributed by atoms with Crippen molar-refractivity contribution in [1.82, 2.24) is 0 Å². The fraction of sp³-hybridized carbons (Fsp3) is 0.960.